The molecule has 0 radical (unpaired) electrons. The Labute approximate surface area is 197 Å². The molecule has 0 unspecified atom stereocenters. The predicted molar refractivity (Wildman–Crippen MR) is 125 cm³/mol. The lowest BCUT2D eigenvalue weighted by atomic mass is 10.1. The molecular weight excluding hydrogens is 440 g/mol. The number of anilines is 1. The third-order valence-corrected chi connectivity index (χ3v) is 5.93. The maximum absolute atomic E-state index is 12.6. The Morgan fingerprint density at radius 3 is 2.39 bits per heavy atom. The third-order valence-electron chi connectivity index (χ3n) is 5.25. The van der Waals surface area contributed by atoms with Gasteiger partial charge in [-0.15, -0.1) is 11.8 Å². The zero-order chi connectivity index (χ0) is 24.1. The zero-order valence-electron chi connectivity index (χ0n) is 19.1. The number of nitrogens with zero attached hydrogens (tertiary/aromatic N) is 2. The lowest BCUT2D eigenvalue weighted by Gasteiger charge is -2.13. The number of esters is 1. The Bertz CT molecular complexity index is 1130. The van der Waals surface area contributed by atoms with E-state index in [1.807, 2.05) is 39.0 Å². The molecule has 0 saturated heterocycles. The molecule has 0 aliphatic heterocycles. The van der Waals surface area contributed by atoms with E-state index < -0.39 is 18.5 Å². The molecule has 1 aliphatic carbocycles. The molecule has 2 amide bonds. The summed E-state index contributed by atoms with van der Waals surface area (Å²) in [6.45, 7) is 4.96. The molecule has 0 atom stereocenters. The van der Waals surface area contributed by atoms with Gasteiger partial charge in [0, 0.05) is 17.3 Å². The summed E-state index contributed by atoms with van der Waals surface area (Å²) in [6, 6.07) is 7.52. The van der Waals surface area contributed by atoms with Crippen LogP contribution >= 0.6 is 11.8 Å². The van der Waals surface area contributed by atoms with Crippen molar-refractivity contribution in [3.8, 4) is 6.07 Å². The number of thioether (sulfide) groups is 1. The van der Waals surface area contributed by atoms with Crippen LogP contribution in [0.1, 0.15) is 57.1 Å². The van der Waals surface area contributed by atoms with Crippen LogP contribution in [0.15, 0.2) is 23.2 Å². The number of aromatic nitrogens is 1. The van der Waals surface area contributed by atoms with E-state index in [0.29, 0.717) is 10.7 Å². The Morgan fingerprint density at radius 2 is 1.82 bits per heavy atom. The Kier molecular flexibility index (Phi) is 7.71. The van der Waals surface area contributed by atoms with Crippen LogP contribution in [0.25, 0.3) is 0 Å². The first-order valence-electron chi connectivity index (χ1n) is 10.5. The summed E-state index contributed by atoms with van der Waals surface area (Å²) in [7, 11) is 0. The molecule has 2 N–H and O–H groups in total. The highest BCUT2D eigenvalue weighted by Gasteiger charge is 2.29. The molecule has 1 aliphatic rings. The van der Waals surface area contributed by atoms with E-state index in [2.05, 4.69) is 15.6 Å². The van der Waals surface area contributed by atoms with Gasteiger partial charge in [-0.2, -0.15) is 5.26 Å². The Hall–Kier alpha value is -3.38. The fourth-order valence-corrected chi connectivity index (χ4v) is 4.10. The molecule has 3 rings (SSSR count). The average Bonchev–Trinajstić information content (AvgIpc) is 3.62. The van der Waals surface area contributed by atoms with Gasteiger partial charge in [-0.25, -0.2) is 9.78 Å². The summed E-state index contributed by atoms with van der Waals surface area (Å²) in [4.78, 5) is 41.5. The average molecular weight is 467 g/mol. The van der Waals surface area contributed by atoms with Gasteiger partial charge in [-0.1, -0.05) is 17.7 Å². The maximum Gasteiger partial charge on any atom is 0.340 e. The fourth-order valence-electron chi connectivity index (χ4n) is 3.55. The number of hydrogen-bond donors (Lipinski definition) is 2. The second-order valence-electron chi connectivity index (χ2n) is 8.04. The van der Waals surface area contributed by atoms with Crippen molar-refractivity contribution in [2.45, 2.75) is 44.6 Å². The second-order valence-corrected chi connectivity index (χ2v) is 8.83. The van der Waals surface area contributed by atoms with Crippen LogP contribution in [0.3, 0.4) is 0 Å². The summed E-state index contributed by atoms with van der Waals surface area (Å²) in [5.41, 5.74) is 4.68. The summed E-state index contributed by atoms with van der Waals surface area (Å²) in [6.07, 6.45) is 3.77. The minimum absolute atomic E-state index is 0.106. The highest BCUT2D eigenvalue weighted by Crippen LogP contribution is 2.40. The van der Waals surface area contributed by atoms with Crippen LogP contribution < -0.4 is 10.6 Å². The number of nitrogens with one attached hydrogen (secondary N) is 2. The van der Waals surface area contributed by atoms with E-state index in [0.717, 1.165) is 35.2 Å². The lowest BCUT2D eigenvalue weighted by molar-refractivity contribution is -0.126. The molecular formula is C24H26N4O4S. The van der Waals surface area contributed by atoms with E-state index in [9.17, 15) is 19.6 Å². The second kappa shape index (κ2) is 10.5. The summed E-state index contributed by atoms with van der Waals surface area (Å²) < 4.78 is 5.12. The van der Waals surface area contributed by atoms with Crippen molar-refractivity contribution >= 4 is 35.2 Å². The van der Waals surface area contributed by atoms with Gasteiger partial charge in [-0.3, -0.25) is 9.59 Å². The molecule has 8 nitrogen and oxygen atoms in total. The molecule has 1 saturated carbocycles. The number of pyridine rings is 1. The number of nitriles is 1. The monoisotopic (exact) mass is 466 g/mol. The topological polar surface area (TPSA) is 121 Å². The Morgan fingerprint density at radius 1 is 1.15 bits per heavy atom. The molecule has 0 spiro atoms. The van der Waals surface area contributed by atoms with Gasteiger partial charge in [0.25, 0.3) is 5.91 Å². The van der Waals surface area contributed by atoms with Crippen LogP contribution in [0.5, 0.6) is 0 Å². The molecule has 2 aromatic rings. The van der Waals surface area contributed by atoms with E-state index in [-0.39, 0.29) is 29.5 Å². The number of carbonyl (C=O) groups excluding carboxylic acids is 3. The van der Waals surface area contributed by atoms with E-state index >= 15 is 0 Å². The number of ether oxygens (including phenoxy) is 1. The maximum atomic E-state index is 12.6. The summed E-state index contributed by atoms with van der Waals surface area (Å²) >= 11 is 1.28. The van der Waals surface area contributed by atoms with Crippen molar-refractivity contribution in [1.29, 1.82) is 5.26 Å². The van der Waals surface area contributed by atoms with E-state index in [1.165, 1.54) is 11.8 Å². The number of rotatable bonds is 8. The first kappa shape index (κ1) is 24.3. The first-order valence-corrected chi connectivity index (χ1v) is 11.8. The Balaban J connectivity index is 1.56. The van der Waals surface area contributed by atoms with Crippen molar-refractivity contribution in [2.75, 3.05) is 24.7 Å². The molecule has 172 valence electrons. The minimum atomic E-state index is -0.767. The van der Waals surface area contributed by atoms with Crippen molar-refractivity contribution in [2.24, 2.45) is 0 Å². The van der Waals surface area contributed by atoms with Gasteiger partial charge in [0.1, 0.15) is 11.1 Å². The molecule has 33 heavy (non-hydrogen) atoms. The molecule has 0 bridgehead atoms. The van der Waals surface area contributed by atoms with Crippen molar-refractivity contribution in [3.63, 3.8) is 0 Å². The van der Waals surface area contributed by atoms with Gasteiger partial charge in [0.15, 0.2) is 6.61 Å². The number of hydrogen-bond acceptors (Lipinski definition) is 7. The molecule has 1 heterocycles. The summed E-state index contributed by atoms with van der Waals surface area (Å²) in [5, 5.41) is 15.2. The highest BCUT2D eigenvalue weighted by atomic mass is 32.2. The lowest BCUT2D eigenvalue weighted by Crippen LogP contribution is -2.35. The van der Waals surface area contributed by atoms with Crippen LogP contribution in [-0.2, 0) is 14.3 Å². The first-order chi connectivity index (χ1) is 15.7. The SMILES string of the molecule is CSc1nc(C2CC2)cc(C(=O)OCC(=O)NCC(=O)Nc2c(C)cc(C)cc2C)c1C#N. The normalized spacial score (nSPS) is 12.6. The van der Waals surface area contributed by atoms with Crippen molar-refractivity contribution in [3.05, 3.63) is 51.7 Å². The van der Waals surface area contributed by atoms with Crippen molar-refractivity contribution < 1.29 is 19.1 Å². The van der Waals surface area contributed by atoms with Crippen LogP contribution in [0.4, 0.5) is 5.69 Å². The zero-order valence-corrected chi connectivity index (χ0v) is 19.9. The number of benzene rings is 1. The largest absolute Gasteiger partial charge is 0.452 e. The highest BCUT2D eigenvalue weighted by molar-refractivity contribution is 7.98. The van der Waals surface area contributed by atoms with Gasteiger partial charge in [0.05, 0.1) is 17.7 Å². The van der Waals surface area contributed by atoms with Gasteiger partial charge >= 0.3 is 5.97 Å². The van der Waals surface area contributed by atoms with Crippen LogP contribution in [0, 0.1) is 32.1 Å². The third kappa shape index (κ3) is 6.11. The number of carbonyl (C=O) groups is 3. The minimum Gasteiger partial charge on any atom is -0.452 e. The van der Waals surface area contributed by atoms with Gasteiger partial charge < -0.3 is 15.4 Å². The molecule has 1 aromatic carbocycles. The number of amides is 2. The summed E-state index contributed by atoms with van der Waals surface area (Å²) in [5.74, 6) is -1.48. The molecule has 1 aromatic heterocycles. The van der Waals surface area contributed by atoms with E-state index in [4.69, 9.17) is 4.74 Å². The smallest absolute Gasteiger partial charge is 0.340 e. The van der Waals surface area contributed by atoms with Crippen LogP contribution in [0.2, 0.25) is 0 Å². The predicted octanol–water partition coefficient (Wildman–Crippen LogP) is 3.39. The quantitative estimate of drug-likeness (QED) is 0.452. The fraction of sp³-hybridized carbons (Fsp3) is 0.375. The number of aryl methyl sites for hydroxylation is 3. The molecule has 9 heteroatoms. The van der Waals surface area contributed by atoms with Crippen molar-refractivity contribution in [1.82, 2.24) is 10.3 Å². The molecule has 1 fully saturated rings. The van der Waals surface area contributed by atoms with Crippen LogP contribution in [-0.4, -0.2) is 42.2 Å². The van der Waals surface area contributed by atoms with Gasteiger partial charge in [0.2, 0.25) is 5.91 Å². The van der Waals surface area contributed by atoms with Gasteiger partial charge in [-0.05, 0) is 57.1 Å². The van der Waals surface area contributed by atoms with E-state index in [1.54, 1.807) is 12.3 Å². The standard InChI is InChI=1S/C24H26N4O4S/c1-13-7-14(2)22(15(3)8-13)28-20(29)11-26-21(30)12-32-24(31)17-9-19(16-5-6-16)27-23(33-4)18(17)10-25/h7-9,16H,5-6,11-12H2,1-4H3,(H,26,30)(H,28,29).